The zero-order valence-electron chi connectivity index (χ0n) is 21.4. The molecule has 0 bridgehead atoms. The molecule has 4 heterocycles. The van der Waals surface area contributed by atoms with Crippen molar-refractivity contribution in [1.82, 2.24) is 14.9 Å². The zero-order chi connectivity index (χ0) is 26.1. The molecule has 1 amide bonds. The first-order chi connectivity index (χ1) is 18.6. The smallest absolute Gasteiger partial charge is 0.260 e. The van der Waals surface area contributed by atoms with Crippen LogP contribution in [-0.4, -0.2) is 60.2 Å². The van der Waals surface area contributed by atoms with Gasteiger partial charge in [0, 0.05) is 31.6 Å². The first-order valence-electron chi connectivity index (χ1n) is 12.7. The first kappa shape index (κ1) is 28.0. The Morgan fingerprint density at radius 1 is 1.10 bits per heavy atom. The van der Waals surface area contributed by atoms with Crippen molar-refractivity contribution >= 4 is 78.8 Å². The van der Waals surface area contributed by atoms with E-state index in [1.165, 1.54) is 11.3 Å². The Morgan fingerprint density at radius 2 is 1.92 bits per heavy atom. The summed E-state index contributed by atoms with van der Waals surface area (Å²) in [4.78, 5) is 29.5. The van der Waals surface area contributed by atoms with E-state index in [-0.39, 0.29) is 18.3 Å². The third-order valence-corrected chi connectivity index (χ3v) is 9.27. The number of amides is 1. The van der Waals surface area contributed by atoms with Crippen LogP contribution in [0.2, 0.25) is 5.02 Å². The summed E-state index contributed by atoms with van der Waals surface area (Å²) in [6.45, 7) is 6.83. The van der Waals surface area contributed by atoms with Gasteiger partial charge in [0.05, 0.1) is 50.1 Å². The maximum Gasteiger partial charge on any atom is 0.260 e. The molecule has 3 aromatic heterocycles. The fourth-order valence-electron chi connectivity index (χ4n) is 4.82. The Balaban J connectivity index is 0.00000308. The second kappa shape index (κ2) is 12.3. The third-order valence-electron chi connectivity index (χ3n) is 6.84. The molecule has 0 N–H and O–H groups in total. The lowest BCUT2D eigenvalue weighted by atomic mass is 10.1. The number of nitrogens with zero attached hydrogens (tertiary/aromatic N) is 4. The maximum absolute atomic E-state index is 14.4. The molecule has 0 radical (unpaired) electrons. The molecule has 0 saturated carbocycles. The predicted molar refractivity (Wildman–Crippen MR) is 165 cm³/mol. The molecule has 10 heteroatoms. The SMILES string of the molecule is Cc1ccc(Cl)c2sc(N(CCCN3CCOCC3)C(=O)c3cc(-c4cccs4)nc4ccccc34)nc12.Cl. The Labute approximate surface area is 246 Å². The van der Waals surface area contributed by atoms with Gasteiger partial charge in [0.15, 0.2) is 5.13 Å². The van der Waals surface area contributed by atoms with E-state index in [2.05, 4.69) is 4.90 Å². The van der Waals surface area contributed by atoms with Gasteiger partial charge in [0.2, 0.25) is 0 Å². The summed E-state index contributed by atoms with van der Waals surface area (Å²) in [6, 6.07) is 17.7. The van der Waals surface area contributed by atoms with E-state index in [0.29, 0.717) is 22.3 Å². The van der Waals surface area contributed by atoms with Crippen molar-refractivity contribution in [3.63, 3.8) is 0 Å². The molecule has 1 aliphatic heterocycles. The number of morpholine rings is 1. The van der Waals surface area contributed by atoms with Crippen LogP contribution in [0.1, 0.15) is 22.3 Å². The summed E-state index contributed by atoms with van der Waals surface area (Å²) < 4.78 is 6.41. The number of carbonyl (C=O) groups excluding carboxylic acids is 1. The minimum Gasteiger partial charge on any atom is -0.379 e. The number of para-hydroxylation sites is 1. The zero-order valence-corrected chi connectivity index (χ0v) is 24.6. The fraction of sp³-hybridized carbons (Fsp3) is 0.276. The number of carbonyl (C=O) groups is 1. The fourth-order valence-corrected chi connectivity index (χ4v) is 6.84. The second-order valence-electron chi connectivity index (χ2n) is 9.35. The number of hydrogen-bond donors (Lipinski definition) is 0. The van der Waals surface area contributed by atoms with Gasteiger partial charge in [0.25, 0.3) is 5.91 Å². The van der Waals surface area contributed by atoms with Gasteiger partial charge in [0.1, 0.15) is 0 Å². The highest BCUT2D eigenvalue weighted by Crippen LogP contribution is 2.37. The van der Waals surface area contributed by atoms with E-state index in [1.54, 1.807) is 11.3 Å². The molecule has 39 heavy (non-hydrogen) atoms. The molecule has 2 aromatic carbocycles. The molecular formula is C29H28Cl2N4O2S2. The van der Waals surface area contributed by atoms with Gasteiger partial charge in [-0.1, -0.05) is 53.3 Å². The molecule has 1 saturated heterocycles. The number of thiophene rings is 1. The van der Waals surface area contributed by atoms with Crippen molar-refractivity contribution in [3.05, 3.63) is 76.1 Å². The second-order valence-corrected chi connectivity index (χ2v) is 11.7. The number of fused-ring (bicyclic) bond motifs is 2. The van der Waals surface area contributed by atoms with Gasteiger partial charge in [-0.25, -0.2) is 9.97 Å². The van der Waals surface area contributed by atoms with Crippen molar-refractivity contribution in [2.24, 2.45) is 0 Å². The number of hydrogen-bond acceptors (Lipinski definition) is 7. The average Bonchev–Trinajstić information content (AvgIpc) is 3.65. The summed E-state index contributed by atoms with van der Waals surface area (Å²) in [6.07, 6.45) is 0.829. The van der Waals surface area contributed by atoms with Crippen LogP contribution < -0.4 is 4.90 Å². The third kappa shape index (κ3) is 5.82. The molecule has 1 fully saturated rings. The first-order valence-corrected chi connectivity index (χ1v) is 14.8. The number of ether oxygens (including phenoxy) is 1. The van der Waals surface area contributed by atoms with Gasteiger partial charge >= 0.3 is 0 Å². The maximum atomic E-state index is 14.4. The van der Waals surface area contributed by atoms with Crippen LogP contribution in [0.4, 0.5) is 5.13 Å². The van der Waals surface area contributed by atoms with Crippen LogP contribution in [-0.2, 0) is 4.74 Å². The molecule has 6 nitrogen and oxygen atoms in total. The highest BCUT2D eigenvalue weighted by molar-refractivity contribution is 7.23. The van der Waals surface area contributed by atoms with E-state index in [9.17, 15) is 4.79 Å². The monoisotopic (exact) mass is 598 g/mol. The van der Waals surface area contributed by atoms with Crippen molar-refractivity contribution in [2.45, 2.75) is 13.3 Å². The highest BCUT2D eigenvalue weighted by atomic mass is 35.5. The molecule has 0 aliphatic carbocycles. The number of thiazole rings is 1. The van der Waals surface area contributed by atoms with E-state index in [4.69, 9.17) is 26.3 Å². The number of aryl methyl sites for hydroxylation is 1. The lowest BCUT2D eigenvalue weighted by Crippen LogP contribution is -2.39. The Bertz CT molecular complexity index is 1560. The molecule has 0 spiro atoms. The van der Waals surface area contributed by atoms with Crippen LogP contribution in [0, 0.1) is 6.92 Å². The van der Waals surface area contributed by atoms with Crippen LogP contribution in [0.15, 0.2) is 60.0 Å². The quantitative estimate of drug-likeness (QED) is 0.196. The van der Waals surface area contributed by atoms with Gasteiger partial charge in [-0.05, 0) is 48.6 Å². The van der Waals surface area contributed by atoms with Crippen LogP contribution >= 0.6 is 46.7 Å². The van der Waals surface area contributed by atoms with Crippen LogP contribution in [0.3, 0.4) is 0 Å². The Hall–Kier alpha value is -2.59. The van der Waals surface area contributed by atoms with E-state index in [0.717, 1.165) is 76.5 Å². The summed E-state index contributed by atoms with van der Waals surface area (Å²) in [5.74, 6) is -0.0729. The number of halogens is 2. The number of anilines is 1. The molecule has 5 aromatic rings. The topological polar surface area (TPSA) is 58.6 Å². The summed E-state index contributed by atoms with van der Waals surface area (Å²) in [5, 5.41) is 4.19. The summed E-state index contributed by atoms with van der Waals surface area (Å²) in [5.41, 5.74) is 4.13. The lowest BCUT2D eigenvalue weighted by molar-refractivity contribution is 0.0376. The van der Waals surface area contributed by atoms with Gasteiger partial charge < -0.3 is 4.74 Å². The van der Waals surface area contributed by atoms with E-state index >= 15 is 0 Å². The molecule has 202 valence electrons. The minimum absolute atomic E-state index is 0. The van der Waals surface area contributed by atoms with Crippen LogP contribution in [0.5, 0.6) is 0 Å². The van der Waals surface area contributed by atoms with E-state index in [1.807, 2.05) is 71.8 Å². The Morgan fingerprint density at radius 3 is 2.69 bits per heavy atom. The molecular weight excluding hydrogens is 571 g/mol. The Kier molecular flexibility index (Phi) is 8.81. The van der Waals surface area contributed by atoms with Crippen molar-refractivity contribution < 1.29 is 9.53 Å². The van der Waals surface area contributed by atoms with Gasteiger partial charge in [-0.3, -0.25) is 14.6 Å². The number of aromatic nitrogens is 2. The molecule has 6 rings (SSSR count). The van der Waals surface area contributed by atoms with Crippen molar-refractivity contribution in [1.29, 1.82) is 0 Å². The number of benzene rings is 2. The standard InChI is InChI=1S/C29H27ClN4O2S2.ClH/c1-19-9-10-22(30)27-26(19)32-29(38-27)34(12-5-11-33-13-15-36-16-14-33)28(35)21-18-24(25-8-4-17-37-25)31-23-7-3-2-6-20(21)23;/h2-4,6-10,17-18H,5,11-16H2,1H3;1H. The highest BCUT2D eigenvalue weighted by Gasteiger charge is 2.25. The largest absolute Gasteiger partial charge is 0.379 e. The summed E-state index contributed by atoms with van der Waals surface area (Å²) in [7, 11) is 0. The number of pyridine rings is 1. The normalized spacial score (nSPS) is 14.0. The molecule has 1 aliphatic rings. The molecule has 0 unspecified atom stereocenters. The number of rotatable bonds is 7. The average molecular weight is 600 g/mol. The van der Waals surface area contributed by atoms with E-state index < -0.39 is 0 Å². The minimum atomic E-state index is -0.0729. The van der Waals surface area contributed by atoms with Crippen molar-refractivity contribution in [3.8, 4) is 10.6 Å². The van der Waals surface area contributed by atoms with Gasteiger partial charge in [-0.2, -0.15) is 0 Å². The predicted octanol–water partition coefficient (Wildman–Crippen LogP) is 7.33. The van der Waals surface area contributed by atoms with Crippen molar-refractivity contribution in [2.75, 3.05) is 44.3 Å². The lowest BCUT2D eigenvalue weighted by Gasteiger charge is -2.28. The molecule has 0 atom stereocenters. The van der Waals surface area contributed by atoms with Crippen LogP contribution in [0.25, 0.3) is 31.7 Å². The summed E-state index contributed by atoms with van der Waals surface area (Å²) >= 11 is 9.64. The van der Waals surface area contributed by atoms with Gasteiger partial charge in [-0.15, -0.1) is 23.7 Å².